The van der Waals surface area contributed by atoms with Crippen LogP contribution in [0.3, 0.4) is 0 Å². The van der Waals surface area contributed by atoms with E-state index in [4.69, 9.17) is 16.7 Å². The Morgan fingerprint density at radius 2 is 1.94 bits per heavy atom. The lowest BCUT2D eigenvalue weighted by molar-refractivity contribution is -0.129. The minimum atomic E-state index is -0.618. The third kappa shape index (κ3) is 5.30. The fourth-order valence-corrected chi connectivity index (χ4v) is 4.16. The van der Waals surface area contributed by atoms with Crippen molar-refractivity contribution in [2.24, 2.45) is 15.9 Å². The Bertz CT molecular complexity index is 1130. The number of benzene rings is 2. The number of guanidine groups is 1. The van der Waals surface area contributed by atoms with Gasteiger partial charge in [-0.15, -0.1) is 0 Å². The lowest BCUT2D eigenvalue weighted by atomic mass is 9.80. The van der Waals surface area contributed by atoms with Crippen molar-refractivity contribution in [3.63, 3.8) is 0 Å². The fraction of sp³-hybridized carbons (Fsp3) is 0.250. The molecular formula is C24H24ClN5O3. The van der Waals surface area contributed by atoms with Crippen molar-refractivity contribution < 1.29 is 14.7 Å². The van der Waals surface area contributed by atoms with E-state index in [1.165, 1.54) is 6.34 Å². The van der Waals surface area contributed by atoms with Crippen molar-refractivity contribution in [2.45, 2.75) is 18.9 Å². The molecule has 1 aliphatic carbocycles. The number of amides is 1. The third-order valence-electron chi connectivity index (χ3n) is 5.47. The van der Waals surface area contributed by atoms with E-state index in [1.807, 2.05) is 48.5 Å². The molecule has 1 aliphatic heterocycles. The molecule has 2 aromatic carbocycles. The molecule has 0 spiro atoms. The molecular weight excluding hydrogens is 442 g/mol. The van der Waals surface area contributed by atoms with Crippen molar-refractivity contribution in [3.8, 4) is 0 Å². The molecule has 1 heterocycles. The van der Waals surface area contributed by atoms with Gasteiger partial charge >= 0.3 is 0 Å². The summed E-state index contributed by atoms with van der Waals surface area (Å²) < 4.78 is 0. The van der Waals surface area contributed by atoms with E-state index < -0.39 is 12.0 Å². The molecule has 0 radical (unpaired) electrons. The number of aliphatic hydroxyl groups excluding tert-OH is 1. The molecule has 0 bridgehead atoms. The number of halogens is 1. The molecule has 170 valence electrons. The Morgan fingerprint density at radius 3 is 2.70 bits per heavy atom. The SMILES string of the molecule is O=C1CC(C(=O)NCCO)CC2=C1C(c1ccccc1Cl)N=C(N=CNc1ccccc1)N2. The zero-order valence-corrected chi connectivity index (χ0v) is 18.5. The van der Waals surface area contributed by atoms with Gasteiger partial charge in [0.2, 0.25) is 11.9 Å². The first kappa shape index (κ1) is 22.7. The van der Waals surface area contributed by atoms with Crippen LogP contribution in [0.4, 0.5) is 5.69 Å². The maximum Gasteiger partial charge on any atom is 0.224 e. The molecule has 2 unspecified atom stereocenters. The number of aliphatic hydroxyl groups is 1. The predicted molar refractivity (Wildman–Crippen MR) is 128 cm³/mol. The molecule has 0 saturated carbocycles. The van der Waals surface area contributed by atoms with E-state index in [0.29, 0.717) is 34.2 Å². The Hall–Kier alpha value is -3.49. The van der Waals surface area contributed by atoms with Gasteiger partial charge in [-0.1, -0.05) is 48.0 Å². The summed E-state index contributed by atoms with van der Waals surface area (Å²) in [5, 5.41) is 18.3. The minimum Gasteiger partial charge on any atom is -0.395 e. The van der Waals surface area contributed by atoms with E-state index in [0.717, 1.165) is 5.69 Å². The van der Waals surface area contributed by atoms with Crippen molar-refractivity contribution in [1.29, 1.82) is 0 Å². The number of allylic oxidation sites excluding steroid dienone is 1. The number of carbonyl (C=O) groups is 2. The summed E-state index contributed by atoms with van der Waals surface area (Å²) in [4.78, 5) is 34.7. The molecule has 1 amide bonds. The highest BCUT2D eigenvalue weighted by Gasteiger charge is 2.38. The molecule has 8 nitrogen and oxygen atoms in total. The first-order valence-corrected chi connectivity index (χ1v) is 11.0. The fourth-order valence-electron chi connectivity index (χ4n) is 3.92. The van der Waals surface area contributed by atoms with E-state index in [9.17, 15) is 9.59 Å². The van der Waals surface area contributed by atoms with Crippen LogP contribution in [0.2, 0.25) is 5.02 Å². The number of nitrogens with zero attached hydrogens (tertiary/aromatic N) is 2. The number of nitrogens with one attached hydrogen (secondary N) is 3. The molecule has 4 rings (SSSR count). The summed E-state index contributed by atoms with van der Waals surface area (Å²) in [6, 6.07) is 16.2. The van der Waals surface area contributed by atoms with Crippen LogP contribution in [0, 0.1) is 5.92 Å². The van der Waals surface area contributed by atoms with Crippen molar-refractivity contribution in [1.82, 2.24) is 10.6 Å². The second-order valence-electron chi connectivity index (χ2n) is 7.71. The average molecular weight is 466 g/mol. The molecule has 0 fully saturated rings. The molecule has 0 aromatic heterocycles. The van der Waals surface area contributed by atoms with Crippen LogP contribution >= 0.6 is 11.6 Å². The standard InChI is InChI=1S/C24H24ClN5O3/c25-18-9-5-4-8-17(18)22-21-19(12-15(13-20(21)32)23(33)26-10-11-31)29-24(30-22)28-14-27-16-6-2-1-3-7-16/h1-9,14-15,22,31H,10-13H2,(H,26,33)(H2,27,28,29,30). The zero-order chi connectivity index (χ0) is 23.2. The minimum absolute atomic E-state index is 0.0718. The van der Waals surface area contributed by atoms with Crippen LogP contribution in [-0.4, -0.2) is 42.2 Å². The Morgan fingerprint density at radius 1 is 1.18 bits per heavy atom. The van der Waals surface area contributed by atoms with Gasteiger partial charge in [0.05, 0.1) is 18.9 Å². The molecule has 2 atom stereocenters. The largest absolute Gasteiger partial charge is 0.395 e. The van der Waals surface area contributed by atoms with Crippen molar-refractivity contribution >= 4 is 41.3 Å². The number of carbonyl (C=O) groups excluding carboxylic acids is 2. The highest BCUT2D eigenvalue weighted by atomic mass is 35.5. The molecule has 4 N–H and O–H groups in total. The van der Waals surface area contributed by atoms with Gasteiger partial charge in [-0.3, -0.25) is 9.59 Å². The van der Waals surface area contributed by atoms with E-state index in [-0.39, 0.29) is 31.3 Å². The molecule has 2 aromatic rings. The maximum atomic E-state index is 13.1. The summed E-state index contributed by atoms with van der Waals surface area (Å²) in [5.74, 6) is -0.648. The van der Waals surface area contributed by atoms with Gasteiger partial charge in [-0.05, 0) is 23.8 Å². The predicted octanol–water partition coefficient (Wildman–Crippen LogP) is 2.82. The monoisotopic (exact) mass is 465 g/mol. The number of rotatable bonds is 6. The van der Waals surface area contributed by atoms with E-state index in [2.05, 4.69) is 25.9 Å². The van der Waals surface area contributed by atoms with Crippen molar-refractivity contribution in [2.75, 3.05) is 18.5 Å². The molecule has 9 heteroatoms. The second kappa shape index (κ2) is 10.4. The van der Waals surface area contributed by atoms with Gasteiger partial charge in [0.1, 0.15) is 6.04 Å². The normalized spacial score (nSPS) is 20.2. The van der Waals surface area contributed by atoms with Crippen LogP contribution < -0.4 is 16.0 Å². The lowest BCUT2D eigenvalue weighted by Crippen LogP contribution is -2.41. The van der Waals surface area contributed by atoms with E-state index in [1.54, 1.807) is 6.07 Å². The van der Waals surface area contributed by atoms with Gasteiger partial charge < -0.3 is 21.1 Å². The van der Waals surface area contributed by atoms with E-state index >= 15 is 0 Å². The Kier molecular flexibility index (Phi) is 7.16. The summed E-state index contributed by atoms with van der Waals surface area (Å²) in [6.07, 6.45) is 1.93. The number of anilines is 1. The highest BCUT2D eigenvalue weighted by molar-refractivity contribution is 6.31. The Labute approximate surface area is 196 Å². The zero-order valence-electron chi connectivity index (χ0n) is 17.8. The second-order valence-corrected chi connectivity index (χ2v) is 8.11. The number of ketones is 1. The molecule has 0 saturated heterocycles. The topological polar surface area (TPSA) is 115 Å². The van der Waals surface area contributed by atoms with Crippen LogP contribution in [0.5, 0.6) is 0 Å². The summed E-state index contributed by atoms with van der Waals surface area (Å²) >= 11 is 6.44. The molecule has 33 heavy (non-hydrogen) atoms. The summed E-state index contributed by atoms with van der Waals surface area (Å²) in [5.41, 5.74) is 2.69. The van der Waals surface area contributed by atoms with Gasteiger partial charge in [-0.2, -0.15) is 0 Å². The number of aliphatic imine (C=N–C) groups is 2. The quantitative estimate of drug-likeness (QED) is 0.387. The number of Topliss-reactive ketones (excluding diaryl/α,β-unsaturated/α-hetero) is 1. The van der Waals surface area contributed by atoms with Crippen LogP contribution in [0.15, 0.2) is 75.9 Å². The van der Waals surface area contributed by atoms with Crippen LogP contribution in [0.25, 0.3) is 0 Å². The van der Waals surface area contributed by atoms with Gasteiger partial charge in [0.15, 0.2) is 5.78 Å². The highest BCUT2D eigenvalue weighted by Crippen LogP contribution is 2.40. The number of para-hydroxylation sites is 1. The summed E-state index contributed by atoms with van der Waals surface area (Å²) in [7, 11) is 0. The van der Waals surface area contributed by atoms with Crippen molar-refractivity contribution in [3.05, 3.63) is 76.5 Å². The van der Waals surface area contributed by atoms with Gasteiger partial charge in [-0.25, -0.2) is 9.98 Å². The lowest BCUT2D eigenvalue weighted by Gasteiger charge is -2.32. The smallest absolute Gasteiger partial charge is 0.224 e. The molecule has 2 aliphatic rings. The Balaban J connectivity index is 1.63. The number of hydrogen-bond acceptors (Lipinski definition) is 6. The third-order valence-corrected chi connectivity index (χ3v) is 5.81. The number of hydrogen-bond donors (Lipinski definition) is 4. The van der Waals surface area contributed by atoms with Gasteiger partial charge in [0.25, 0.3) is 0 Å². The van der Waals surface area contributed by atoms with Crippen LogP contribution in [-0.2, 0) is 9.59 Å². The first-order chi connectivity index (χ1) is 16.1. The summed E-state index contributed by atoms with van der Waals surface area (Å²) in [6.45, 7) is -0.0135. The van der Waals surface area contributed by atoms with Crippen LogP contribution in [0.1, 0.15) is 24.4 Å². The first-order valence-electron chi connectivity index (χ1n) is 10.6. The average Bonchev–Trinajstić information content (AvgIpc) is 2.83. The maximum absolute atomic E-state index is 13.1. The van der Waals surface area contributed by atoms with Gasteiger partial charge in [0, 0.05) is 41.4 Å².